The third-order valence-electron chi connectivity index (χ3n) is 5.61. The van der Waals surface area contributed by atoms with Crippen LogP contribution < -0.4 is 4.74 Å². The largest absolute Gasteiger partial charge is 0.497 e. The Bertz CT molecular complexity index is 1060. The van der Waals surface area contributed by atoms with Gasteiger partial charge in [-0.1, -0.05) is 6.07 Å². The highest BCUT2D eigenvalue weighted by Crippen LogP contribution is 2.26. The van der Waals surface area contributed by atoms with Crippen LogP contribution in [0.1, 0.15) is 17.7 Å². The van der Waals surface area contributed by atoms with Gasteiger partial charge in [0.2, 0.25) is 5.91 Å². The number of carbonyl (C=O) groups is 1. The predicted molar refractivity (Wildman–Crippen MR) is 121 cm³/mol. The molecule has 1 fully saturated rings. The lowest BCUT2D eigenvalue weighted by Crippen LogP contribution is -2.48. The molecule has 0 unspecified atom stereocenters. The normalized spacial score (nSPS) is 14.5. The van der Waals surface area contributed by atoms with Crippen LogP contribution in [0.4, 0.5) is 8.78 Å². The quantitative estimate of drug-likeness (QED) is 0.529. The van der Waals surface area contributed by atoms with Gasteiger partial charge >= 0.3 is 0 Å². The maximum Gasteiger partial charge on any atom is 0.222 e. The number of amides is 1. The number of hydrogen-bond donors (Lipinski definition) is 0. The zero-order valence-electron chi connectivity index (χ0n) is 17.9. The summed E-state index contributed by atoms with van der Waals surface area (Å²) in [4.78, 5) is 21.4. The highest BCUT2D eigenvalue weighted by Gasteiger charge is 2.21. The summed E-state index contributed by atoms with van der Waals surface area (Å²) in [6.07, 6.45) is 0.700. The van der Waals surface area contributed by atoms with E-state index in [4.69, 9.17) is 9.72 Å². The summed E-state index contributed by atoms with van der Waals surface area (Å²) in [5.41, 5.74) is 2.73. The monoisotopic (exact) mass is 457 g/mol. The van der Waals surface area contributed by atoms with E-state index >= 15 is 0 Å². The first-order valence-corrected chi connectivity index (χ1v) is 11.4. The van der Waals surface area contributed by atoms with Crippen molar-refractivity contribution in [1.29, 1.82) is 0 Å². The number of carbonyl (C=O) groups excluding carboxylic acids is 1. The number of ether oxygens (including phenoxy) is 1. The number of aryl methyl sites for hydroxylation is 1. The second-order valence-electron chi connectivity index (χ2n) is 7.78. The third-order valence-corrected chi connectivity index (χ3v) is 6.55. The summed E-state index contributed by atoms with van der Waals surface area (Å²) in [5.74, 6) is -0.874. The van der Waals surface area contributed by atoms with Crippen molar-refractivity contribution in [2.75, 3.05) is 33.3 Å². The van der Waals surface area contributed by atoms with Gasteiger partial charge in [0.1, 0.15) is 10.8 Å². The summed E-state index contributed by atoms with van der Waals surface area (Å²) in [5, 5.41) is 3.06. The molecule has 0 radical (unpaired) electrons. The van der Waals surface area contributed by atoms with Gasteiger partial charge in [0, 0.05) is 50.1 Å². The molecule has 2 heterocycles. The molecule has 1 aliphatic rings. The van der Waals surface area contributed by atoms with E-state index in [1.54, 1.807) is 18.4 Å². The number of benzene rings is 2. The first-order chi connectivity index (χ1) is 15.5. The number of halogens is 2. The fourth-order valence-corrected chi connectivity index (χ4v) is 4.55. The van der Waals surface area contributed by atoms with E-state index in [1.807, 2.05) is 29.2 Å². The Kier molecular flexibility index (Phi) is 7.12. The molecule has 0 spiro atoms. The summed E-state index contributed by atoms with van der Waals surface area (Å²) in [6, 6.07) is 11.7. The van der Waals surface area contributed by atoms with Crippen molar-refractivity contribution >= 4 is 17.2 Å². The van der Waals surface area contributed by atoms with Crippen LogP contribution in [0.3, 0.4) is 0 Å². The molecule has 1 saturated heterocycles. The van der Waals surface area contributed by atoms with Crippen molar-refractivity contribution in [3.05, 3.63) is 70.7 Å². The maximum atomic E-state index is 13.3. The second-order valence-corrected chi connectivity index (χ2v) is 8.64. The van der Waals surface area contributed by atoms with Crippen LogP contribution in [0.2, 0.25) is 0 Å². The lowest BCUT2D eigenvalue weighted by atomic mass is 10.1. The number of piperazine rings is 1. The number of methoxy groups -OCH3 is 1. The number of aromatic nitrogens is 1. The summed E-state index contributed by atoms with van der Waals surface area (Å²) >= 11 is 1.62. The Morgan fingerprint density at radius 2 is 1.81 bits per heavy atom. The van der Waals surface area contributed by atoms with Crippen LogP contribution in [0.15, 0.2) is 47.8 Å². The topological polar surface area (TPSA) is 45.7 Å². The number of hydrogen-bond acceptors (Lipinski definition) is 5. The lowest BCUT2D eigenvalue weighted by Gasteiger charge is -2.34. The molecular weight excluding hydrogens is 432 g/mol. The van der Waals surface area contributed by atoms with Gasteiger partial charge in [0.05, 0.1) is 12.8 Å². The van der Waals surface area contributed by atoms with E-state index in [0.29, 0.717) is 31.5 Å². The molecule has 0 bridgehead atoms. The Morgan fingerprint density at radius 1 is 1.06 bits per heavy atom. The maximum absolute atomic E-state index is 13.3. The molecule has 32 heavy (non-hydrogen) atoms. The van der Waals surface area contributed by atoms with Gasteiger partial charge in [0.25, 0.3) is 0 Å². The van der Waals surface area contributed by atoms with Crippen molar-refractivity contribution in [3.63, 3.8) is 0 Å². The molecule has 2 aromatic carbocycles. The Balaban J connectivity index is 1.24. The van der Waals surface area contributed by atoms with Gasteiger partial charge in [-0.15, -0.1) is 11.3 Å². The van der Waals surface area contributed by atoms with Gasteiger partial charge in [-0.3, -0.25) is 9.69 Å². The van der Waals surface area contributed by atoms with Gasteiger partial charge in [-0.2, -0.15) is 0 Å². The molecular formula is C24H25F2N3O2S. The SMILES string of the molecule is COc1ccc(-c2nc(CN3CCN(C(=O)CCc4ccc(F)c(F)c4)CC3)cs2)cc1. The van der Waals surface area contributed by atoms with Crippen LogP contribution in [0, 0.1) is 11.6 Å². The zero-order valence-corrected chi connectivity index (χ0v) is 18.7. The molecule has 1 amide bonds. The molecule has 0 atom stereocenters. The van der Waals surface area contributed by atoms with Crippen LogP contribution in [0.25, 0.3) is 10.6 Å². The number of thiazole rings is 1. The number of nitrogens with zero attached hydrogens (tertiary/aromatic N) is 3. The van der Waals surface area contributed by atoms with Crippen molar-refractivity contribution in [2.45, 2.75) is 19.4 Å². The van der Waals surface area contributed by atoms with E-state index in [-0.39, 0.29) is 5.91 Å². The second kappa shape index (κ2) is 10.2. The fraction of sp³-hybridized carbons (Fsp3) is 0.333. The average Bonchev–Trinajstić information content (AvgIpc) is 3.28. The highest BCUT2D eigenvalue weighted by molar-refractivity contribution is 7.13. The van der Waals surface area contributed by atoms with Gasteiger partial charge in [-0.25, -0.2) is 13.8 Å². The minimum Gasteiger partial charge on any atom is -0.497 e. The molecule has 0 aliphatic carbocycles. The third kappa shape index (κ3) is 5.49. The van der Waals surface area contributed by atoms with Crippen molar-refractivity contribution in [2.24, 2.45) is 0 Å². The first-order valence-electron chi connectivity index (χ1n) is 10.5. The van der Waals surface area contributed by atoms with Crippen LogP contribution in [-0.4, -0.2) is 54.0 Å². The molecule has 8 heteroatoms. The minimum absolute atomic E-state index is 0.0461. The van der Waals surface area contributed by atoms with E-state index in [1.165, 1.54) is 6.07 Å². The van der Waals surface area contributed by atoms with E-state index in [0.717, 1.165) is 53.8 Å². The highest BCUT2D eigenvalue weighted by atomic mass is 32.1. The van der Waals surface area contributed by atoms with Crippen molar-refractivity contribution in [3.8, 4) is 16.3 Å². The fourth-order valence-electron chi connectivity index (χ4n) is 3.73. The van der Waals surface area contributed by atoms with Crippen LogP contribution in [-0.2, 0) is 17.8 Å². The molecule has 1 aliphatic heterocycles. The first kappa shape index (κ1) is 22.4. The molecule has 168 valence electrons. The lowest BCUT2D eigenvalue weighted by molar-refractivity contribution is -0.133. The van der Waals surface area contributed by atoms with E-state index in [9.17, 15) is 13.6 Å². The summed E-state index contributed by atoms with van der Waals surface area (Å²) < 4.78 is 31.6. The Hall–Kier alpha value is -2.84. The summed E-state index contributed by atoms with van der Waals surface area (Å²) in [6.45, 7) is 3.64. The predicted octanol–water partition coefficient (Wildman–Crippen LogP) is 4.37. The Labute approximate surface area is 190 Å². The van der Waals surface area contributed by atoms with E-state index in [2.05, 4.69) is 10.3 Å². The van der Waals surface area contributed by atoms with Crippen molar-refractivity contribution in [1.82, 2.24) is 14.8 Å². The minimum atomic E-state index is -0.874. The van der Waals surface area contributed by atoms with Gasteiger partial charge < -0.3 is 9.64 Å². The molecule has 0 saturated carbocycles. The van der Waals surface area contributed by atoms with Crippen molar-refractivity contribution < 1.29 is 18.3 Å². The molecule has 0 N–H and O–H groups in total. The summed E-state index contributed by atoms with van der Waals surface area (Å²) in [7, 11) is 1.65. The van der Waals surface area contributed by atoms with Crippen LogP contribution >= 0.6 is 11.3 Å². The molecule has 3 aromatic rings. The van der Waals surface area contributed by atoms with Gasteiger partial charge in [-0.05, 0) is 48.4 Å². The van der Waals surface area contributed by atoms with E-state index < -0.39 is 11.6 Å². The zero-order chi connectivity index (χ0) is 22.5. The standard InChI is InChI=1S/C24H25F2N3O2S/c1-31-20-6-4-18(5-7-20)24-27-19(16-32-24)15-28-10-12-29(13-11-28)23(30)9-3-17-2-8-21(25)22(26)14-17/h2,4-8,14,16H,3,9-13,15H2,1H3. The average molecular weight is 458 g/mol. The molecule has 1 aromatic heterocycles. The van der Waals surface area contributed by atoms with Gasteiger partial charge in [0.15, 0.2) is 11.6 Å². The smallest absolute Gasteiger partial charge is 0.222 e. The molecule has 4 rings (SSSR count). The number of rotatable bonds is 7. The Morgan fingerprint density at radius 3 is 2.50 bits per heavy atom. The molecule has 5 nitrogen and oxygen atoms in total. The van der Waals surface area contributed by atoms with Crippen LogP contribution in [0.5, 0.6) is 5.75 Å².